The summed E-state index contributed by atoms with van der Waals surface area (Å²) in [6.45, 7) is 6.25. The Morgan fingerprint density at radius 1 is 1.33 bits per heavy atom. The topological polar surface area (TPSA) is 64.3 Å². The lowest BCUT2D eigenvalue weighted by Crippen LogP contribution is -2.39. The average molecular weight is 548 g/mol. The Bertz CT molecular complexity index is 1200. The standard InChI is InChI=1S/C23H28Cl2N2O3S3/c1-3-16(11-21-26(4-2)14-23(32-21)9-7-17(24)8-10-23)12-22-27(15-33(28,29)30)19-13-18(25)5-6-20(19)31-22/h5-6,11-13,17H,3-4,7-10,14-15H2,1-2H3. The predicted octanol–water partition coefficient (Wildman–Crippen LogP) is 5.97. The van der Waals surface area contributed by atoms with E-state index in [2.05, 4.69) is 24.8 Å². The molecule has 1 saturated carbocycles. The van der Waals surface area contributed by atoms with E-state index >= 15 is 0 Å². The van der Waals surface area contributed by atoms with E-state index in [0.29, 0.717) is 15.9 Å². The molecule has 10 heteroatoms. The van der Waals surface area contributed by atoms with Gasteiger partial charge in [-0.15, -0.1) is 11.6 Å². The van der Waals surface area contributed by atoms with Crippen molar-refractivity contribution < 1.29 is 17.5 Å². The van der Waals surface area contributed by atoms with Gasteiger partial charge < -0.3 is 9.45 Å². The van der Waals surface area contributed by atoms with Gasteiger partial charge in [-0.25, -0.2) is 8.42 Å². The van der Waals surface area contributed by atoms with Crippen molar-refractivity contribution in [2.75, 3.05) is 13.1 Å². The SMILES string of the molecule is CCC(/C=C1\SC2(CCC(Cl)CC2)CN1CC)=C\c1sc2ccc(Cl)cc2[n+]1CS(=O)(=O)[O-]. The van der Waals surface area contributed by atoms with Crippen LogP contribution in [0.3, 0.4) is 0 Å². The van der Waals surface area contributed by atoms with Crippen molar-refractivity contribution in [3.05, 3.63) is 44.9 Å². The summed E-state index contributed by atoms with van der Waals surface area (Å²) in [5.41, 5.74) is 1.75. The Balaban J connectivity index is 1.71. The summed E-state index contributed by atoms with van der Waals surface area (Å²) in [5.74, 6) is -0.620. The average Bonchev–Trinajstić information content (AvgIpc) is 3.26. The number of hydrogen-bond acceptors (Lipinski definition) is 6. The molecular formula is C23H28Cl2N2O3S3. The third-order valence-electron chi connectivity index (χ3n) is 6.33. The smallest absolute Gasteiger partial charge is 0.263 e. The van der Waals surface area contributed by atoms with Crippen molar-refractivity contribution in [3.63, 3.8) is 0 Å². The zero-order valence-electron chi connectivity index (χ0n) is 18.7. The van der Waals surface area contributed by atoms with Gasteiger partial charge in [-0.3, -0.25) is 0 Å². The van der Waals surface area contributed by atoms with E-state index in [1.54, 1.807) is 16.7 Å². The third kappa shape index (κ3) is 5.90. The molecule has 1 saturated heterocycles. The predicted molar refractivity (Wildman–Crippen MR) is 139 cm³/mol. The first-order valence-electron chi connectivity index (χ1n) is 11.2. The van der Waals surface area contributed by atoms with Crippen molar-refractivity contribution in [1.29, 1.82) is 0 Å². The first kappa shape index (κ1) is 25.3. The lowest BCUT2D eigenvalue weighted by molar-refractivity contribution is -0.649. The van der Waals surface area contributed by atoms with Crippen LogP contribution >= 0.6 is 46.3 Å². The lowest BCUT2D eigenvalue weighted by atomic mass is 9.87. The number of alkyl halides is 1. The van der Waals surface area contributed by atoms with Crippen LogP contribution in [0.25, 0.3) is 16.3 Å². The molecule has 0 amide bonds. The molecule has 180 valence electrons. The van der Waals surface area contributed by atoms with Gasteiger partial charge in [0.25, 0.3) is 5.01 Å². The van der Waals surface area contributed by atoms with Gasteiger partial charge in [-0.1, -0.05) is 41.6 Å². The van der Waals surface area contributed by atoms with Gasteiger partial charge in [0.2, 0.25) is 11.4 Å². The van der Waals surface area contributed by atoms with Gasteiger partial charge in [0.15, 0.2) is 10.1 Å². The van der Waals surface area contributed by atoms with E-state index in [9.17, 15) is 13.0 Å². The highest BCUT2D eigenvalue weighted by atomic mass is 35.5. The van der Waals surface area contributed by atoms with Crippen LogP contribution in [0.1, 0.15) is 51.0 Å². The zero-order valence-corrected chi connectivity index (χ0v) is 22.7. The molecule has 2 heterocycles. The minimum Gasteiger partial charge on any atom is -0.743 e. The third-order valence-corrected chi connectivity index (χ3v) is 10.2. The van der Waals surface area contributed by atoms with E-state index in [-0.39, 0.29) is 4.75 Å². The van der Waals surface area contributed by atoms with Crippen LogP contribution in [0.15, 0.2) is 34.9 Å². The second-order valence-electron chi connectivity index (χ2n) is 8.70. The van der Waals surface area contributed by atoms with Crippen LogP contribution in [0, 0.1) is 0 Å². The van der Waals surface area contributed by atoms with Gasteiger partial charge in [-0.05, 0) is 62.8 Å². The highest BCUT2D eigenvalue weighted by molar-refractivity contribution is 8.04. The fraction of sp³-hybridized carbons (Fsp3) is 0.522. The molecule has 1 aliphatic heterocycles. The maximum absolute atomic E-state index is 11.6. The first-order chi connectivity index (χ1) is 15.6. The van der Waals surface area contributed by atoms with Crippen molar-refractivity contribution in [1.82, 2.24) is 4.90 Å². The summed E-state index contributed by atoms with van der Waals surface area (Å²) in [5, 5.41) is 2.78. The van der Waals surface area contributed by atoms with Crippen LogP contribution in [0.2, 0.25) is 5.02 Å². The molecule has 4 rings (SSSR count). The van der Waals surface area contributed by atoms with Crippen LogP contribution in [0.4, 0.5) is 0 Å². The molecule has 1 aromatic heterocycles. The van der Waals surface area contributed by atoms with Crippen molar-refractivity contribution in [2.24, 2.45) is 0 Å². The number of allylic oxidation sites excluding steroid dienone is 2. The number of benzene rings is 1. The number of halogens is 2. The summed E-state index contributed by atoms with van der Waals surface area (Å²) in [6, 6.07) is 5.35. The van der Waals surface area contributed by atoms with Crippen molar-refractivity contribution in [3.8, 4) is 0 Å². The molecule has 0 radical (unpaired) electrons. The molecule has 33 heavy (non-hydrogen) atoms. The van der Waals surface area contributed by atoms with Crippen molar-refractivity contribution in [2.45, 2.75) is 62.0 Å². The maximum atomic E-state index is 11.6. The van der Waals surface area contributed by atoms with Gasteiger partial charge in [0.1, 0.15) is 4.70 Å². The van der Waals surface area contributed by atoms with Gasteiger partial charge in [0, 0.05) is 40.4 Å². The molecule has 0 atom stereocenters. The monoisotopic (exact) mass is 546 g/mol. The van der Waals surface area contributed by atoms with E-state index in [4.69, 9.17) is 23.2 Å². The summed E-state index contributed by atoms with van der Waals surface area (Å²) >= 11 is 15.9. The Hall–Kier alpha value is -0.770. The number of thiazole rings is 1. The Labute approximate surface area is 214 Å². The summed E-state index contributed by atoms with van der Waals surface area (Å²) in [6.07, 6.45) is 9.40. The lowest BCUT2D eigenvalue weighted by Gasteiger charge is -2.33. The van der Waals surface area contributed by atoms with Gasteiger partial charge in [-0.2, -0.15) is 4.57 Å². The molecule has 5 nitrogen and oxygen atoms in total. The van der Waals surface area contributed by atoms with E-state index in [0.717, 1.165) is 60.5 Å². The molecular weight excluding hydrogens is 519 g/mol. The Morgan fingerprint density at radius 2 is 2.06 bits per heavy atom. The quantitative estimate of drug-likeness (QED) is 0.253. The molecule has 2 fully saturated rings. The minimum atomic E-state index is -4.47. The van der Waals surface area contributed by atoms with Crippen molar-refractivity contribution >= 4 is 72.7 Å². The number of nitrogens with zero attached hydrogens (tertiary/aromatic N) is 2. The molecule has 0 N–H and O–H groups in total. The Morgan fingerprint density at radius 3 is 2.70 bits per heavy atom. The van der Waals surface area contributed by atoms with Crippen LogP contribution < -0.4 is 4.57 Å². The molecule has 1 aromatic carbocycles. The van der Waals surface area contributed by atoms with Crippen LogP contribution in [-0.2, 0) is 16.0 Å². The maximum Gasteiger partial charge on any atom is 0.263 e. The number of aromatic nitrogens is 1. The molecule has 1 aliphatic carbocycles. The highest BCUT2D eigenvalue weighted by Gasteiger charge is 2.43. The van der Waals surface area contributed by atoms with E-state index in [1.165, 1.54) is 16.4 Å². The van der Waals surface area contributed by atoms with Crippen LogP contribution in [0.5, 0.6) is 0 Å². The van der Waals surface area contributed by atoms with E-state index in [1.807, 2.05) is 23.9 Å². The number of fused-ring (bicyclic) bond motifs is 1. The molecule has 2 aromatic rings. The minimum absolute atomic E-state index is 0.233. The molecule has 0 unspecified atom stereocenters. The Kier molecular flexibility index (Phi) is 7.73. The normalized spacial score (nSPS) is 25.6. The second kappa shape index (κ2) is 10.1. The van der Waals surface area contributed by atoms with Crippen LogP contribution in [-0.4, -0.2) is 41.1 Å². The highest BCUT2D eigenvalue weighted by Crippen LogP contribution is 2.51. The molecule has 2 aliphatic rings. The summed E-state index contributed by atoms with van der Waals surface area (Å²) < 4.78 is 37.6. The molecule has 0 bridgehead atoms. The number of thioether (sulfide) groups is 1. The fourth-order valence-corrected chi connectivity index (χ4v) is 8.35. The summed E-state index contributed by atoms with van der Waals surface area (Å²) in [4.78, 5) is 2.43. The second-order valence-corrected chi connectivity index (χ2v) is 13.7. The largest absolute Gasteiger partial charge is 0.743 e. The van der Waals surface area contributed by atoms with E-state index < -0.39 is 16.0 Å². The number of hydrogen-bond donors (Lipinski definition) is 0. The van der Waals surface area contributed by atoms with Gasteiger partial charge >= 0.3 is 0 Å². The fourth-order valence-electron chi connectivity index (χ4n) is 4.54. The first-order valence-corrected chi connectivity index (χ1v) is 15.2. The zero-order chi connectivity index (χ0) is 23.8. The van der Waals surface area contributed by atoms with Gasteiger partial charge in [0.05, 0.1) is 5.03 Å². The summed E-state index contributed by atoms with van der Waals surface area (Å²) in [7, 11) is -4.47. The molecule has 1 spiro atoms. The number of rotatable bonds is 6.